The zero-order valence-corrected chi connectivity index (χ0v) is 12.1. The van der Waals surface area contributed by atoms with E-state index in [-0.39, 0.29) is 11.9 Å². The van der Waals surface area contributed by atoms with Gasteiger partial charge in [0, 0.05) is 29.4 Å². The molecule has 0 saturated carbocycles. The number of nitrogens with zero attached hydrogens (tertiary/aromatic N) is 2. The molecule has 1 unspecified atom stereocenters. The molecule has 1 aliphatic heterocycles. The fraction of sp³-hybridized carbons (Fsp3) is 0.250. The monoisotopic (exact) mass is 304 g/mol. The molecule has 21 heavy (non-hydrogen) atoms. The summed E-state index contributed by atoms with van der Waals surface area (Å²) >= 11 is 6.24. The first kappa shape index (κ1) is 14.0. The van der Waals surface area contributed by atoms with E-state index in [2.05, 4.69) is 4.98 Å². The van der Waals surface area contributed by atoms with Gasteiger partial charge in [-0.2, -0.15) is 4.39 Å². The molecule has 3 rings (SSSR count). The first-order valence-electron chi connectivity index (χ1n) is 6.84. The van der Waals surface area contributed by atoms with Crippen LogP contribution >= 0.6 is 11.6 Å². The van der Waals surface area contributed by atoms with Crippen molar-refractivity contribution in [3.05, 3.63) is 64.7 Å². The van der Waals surface area contributed by atoms with Crippen molar-refractivity contribution in [2.45, 2.75) is 18.9 Å². The summed E-state index contributed by atoms with van der Waals surface area (Å²) in [5, 5.41) is 0.656. The lowest BCUT2D eigenvalue weighted by Gasteiger charge is -2.25. The van der Waals surface area contributed by atoms with Crippen molar-refractivity contribution in [1.29, 1.82) is 0 Å². The van der Waals surface area contributed by atoms with Gasteiger partial charge in [0.1, 0.15) is 0 Å². The highest BCUT2D eigenvalue weighted by Crippen LogP contribution is 2.36. The molecule has 0 bridgehead atoms. The van der Waals surface area contributed by atoms with Gasteiger partial charge in [-0.15, -0.1) is 0 Å². The van der Waals surface area contributed by atoms with E-state index in [4.69, 9.17) is 11.6 Å². The Labute approximate surface area is 127 Å². The molecule has 108 valence electrons. The number of amides is 1. The molecule has 0 radical (unpaired) electrons. The van der Waals surface area contributed by atoms with E-state index >= 15 is 0 Å². The molecule has 2 heterocycles. The predicted molar refractivity (Wildman–Crippen MR) is 78.7 cm³/mol. The van der Waals surface area contributed by atoms with Crippen LogP contribution < -0.4 is 0 Å². The molecular weight excluding hydrogens is 291 g/mol. The molecule has 1 atom stereocenters. The van der Waals surface area contributed by atoms with E-state index in [1.165, 1.54) is 18.3 Å². The average Bonchev–Trinajstić information content (AvgIpc) is 2.96. The third kappa shape index (κ3) is 2.76. The quantitative estimate of drug-likeness (QED) is 0.790. The predicted octanol–water partition coefficient (Wildman–Crippen LogP) is 3.85. The van der Waals surface area contributed by atoms with Crippen molar-refractivity contribution in [3.63, 3.8) is 0 Å². The summed E-state index contributed by atoms with van der Waals surface area (Å²) in [6, 6.07) is 10.2. The second-order valence-corrected chi connectivity index (χ2v) is 5.45. The second-order valence-electron chi connectivity index (χ2n) is 5.05. The fourth-order valence-electron chi connectivity index (χ4n) is 2.78. The number of hydrogen-bond acceptors (Lipinski definition) is 2. The number of pyridine rings is 1. The van der Waals surface area contributed by atoms with Gasteiger partial charge in [-0.05, 0) is 30.5 Å². The molecule has 0 spiro atoms. The van der Waals surface area contributed by atoms with Crippen molar-refractivity contribution in [2.75, 3.05) is 6.54 Å². The Morgan fingerprint density at radius 1 is 1.33 bits per heavy atom. The van der Waals surface area contributed by atoms with E-state index in [0.717, 1.165) is 18.4 Å². The minimum absolute atomic E-state index is 0.0533. The highest BCUT2D eigenvalue weighted by molar-refractivity contribution is 6.31. The topological polar surface area (TPSA) is 33.2 Å². The molecule has 5 heteroatoms. The lowest BCUT2D eigenvalue weighted by Crippen LogP contribution is -2.30. The van der Waals surface area contributed by atoms with Crippen molar-refractivity contribution >= 4 is 17.5 Å². The number of rotatable bonds is 2. The van der Waals surface area contributed by atoms with Crippen LogP contribution in [0.4, 0.5) is 4.39 Å². The summed E-state index contributed by atoms with van der Waals surface area (Å²) in [6.07, 6.45) is 3.08. The molecular formula is C16H14ClFN2O. The van der Waals surface area contributed by atoms with Crippen LogP contribution in [0.15, 0.2) is 42.6 Å². The van der Waals surface area contributed by atoms with E-state index < -0.39 is 5.95 Å². The van der Waals surface area contributed by atoms with Crippen molar-refractivity contribution in [1.82, 2.24) is 9.88 Å². The van der Waals surface area contributed by atoms with Crippen LogP contribution in [-0.4, -0.2) is 22.3 Å². The number of aromatic nitrogens is 1. The van der Waals surface area contributed by atoms with Crippen molar-refractivity contribution < 1.29 is 9.18 Å². The Morgan fingerprint density at radius 2 is 2.14 bits per heavy atom. The number of halogens is 2. The fourth-order valence-corrected chi connectivity index (χ4v) is 3.04. The standard InChI is InChI=1S/C16H14ClFN2O/c17-13-5-2-1-4-12(13)14-6-3-9-20(14)16(21)11-7-8-19-15(18)10-11/h1-2,4-5,7-8,10,14H,3,6,9H2. The zero-order chi connectivity index (χ0) is 14.8. The second kappa shape index (κ2) is 5.82. The maximum Gasteiger partial charge on any atom is 0.254 e. The number of carbonyl (C=O) groups is 1. The number of hydrogen-bond donors (Lipinski definition) is 0. The highest BCUT2D eigenvalue weighted by Gasteiger charge is 2.31. The van der Waals surface area contributed by atoms with E-state index in [1.54, 1.807) is 4.90 Å². The minimum atomic E-state index is -0.644. The van der Waals surface area contributed by atoms with Crippen LogP contribution in [0.3, 0.4) is 0 Å². The summed E-state index contributed by atoms with van der Waals surface area (Å²) in [5.41, 5.74) is 1.26. The van der Waals surface area contributed by atoms with Gasteiger partial charge in [-0.25, -0.2) is 4.98 Å². The molecule has 2 aromatic rings. The van der Waals surface area contributed by atoms with Gasteiger partial charge in [0.25, 0.3) is 5.91 Å². The summed E-state index contributed by atoms with van der Waals surface area (Å²) in [4.78, 5) is 17.8. The summed E-state index contributed by atoms with van der Waals surface area (Å²) < 4.78 is 13.2. The SMILES string of the molecule is O=C(c1ccnc(F)c1)N1CCCC1c1ccccc1Cl. The van der Waals surface area contributed by atoms with E-state index in [0.29, 0.717) is 17.1 Å². The maximum atomic E-state index is 13.2. The highest BCUT2D eigenvalue weighted by atomic mass is 35.5. The molecule has 1 aromatic heterocycles. The van der Waals surface area contributed by atoms with Crippen LogP contribution in [0.2, 0.25) is 5.02 Å². The molecule has 3 nitrogen and oxygen atoms in total. The summed E-state index contributed by atoms with van der Waals surface area (Å²) in [5.74, 6) is -0.826. The Balaban J connectivity index is 1.91. The van der Waals surface area contributed by atoms with Crippen LogP contribution in [0.1, 0.15) is 34.8 Å². The Kier molecular flexibility index (Phi) is 3.88. The average molecular weight is 305 g/mol. The Hall–Kier alpha value is -1.94. The molecule has 1 saturated heterocycles. The van der Waals surface area contributed by atoms with Gasteiger partial charge in [0.05, 0.1) is 6.04 Å². The van der Waals surface area contributed by atoms with Crippen LogP contribution in [-0.2, 0) is 0 Å². The van der Waals surface area contributed by atoms with Gasteiger partial charge < -0.3 is 4.90 Å². The molecule has 0 aliphatic carbocycles. The molecule has 1 aliphatic rings. The minimum Gasteiger partial charge on any atom is -0.332 e. The van der Waals surface area contributed by atoms with Gasteiger partial charge in [0.15, 0.2) is 0 Å². The molecule has 1 fully saturated rings. The summed E-state index contributed by atoms with van der Waals surface area (Å²) in [6.45, 7) is 0.651. The third-order valence-corrected chi connectivity index (χ3v) is 4.10. The van der Waals surface area contributed by atoms with Crippen molar-refractivity contribution in [2.24, 2.45) is 0 Å². The van der Waals surface area contributed by atoms with Gasteiger partial charge in [0.2, 0.25) is 5.95 Å². The van der Waals surface area contributed by atoms with Gasteiger partial charge >= 0.3 is 0 Å². The van der Waals surface area contributed by atoms with Crippen LogP contribution in [0, 0.1) is 5.95 Å². The largest absolute Gasteiger partial charge is 0.332 e. The Bertz CT molecular complexity index is 677. The zero-order valence-electron chi connectivity index (χ0n) is 11.3. The molecule has 1 amide bonds. The lowest BCUT2D eigenvalue weighted by molar-refractivity contribution is 0.0735. The smallest absolute Gasteiger partial charge is 0.254 e. The molecule has 0 N–H and O–H groups in total. The third-order valence-electron chi connectivity index (χ3n) is 3.75. The van der Waals surface area contributed by atoms with E-state index in [1.807, 2.05) is 24.3 Å². The van der Waals surface area contributed by atoms with Crippen LogP contribution in [0.25, 0.3) is 0 Å². The van der Waals surface area contributed by atoms with Crippen molar-refractivity contribution in [3.8, 4) is 0 Å². The first-order valence-corrected chi connectivity index (χ1v) is 7.21. The lowest BCUT2D eigenvalue weighted by atomic mass is 10.0. The number of benzene rings is 1. The number of likely N-dealkylation sites (tertiary alicyclic amines) is 1. The van der Waals surface area contributed by atoms with Gasteiger partial charge in [-0.1, -0.05) is 29.8 Å². The maximum absolute atomic E-state index is 13.2. The van der Waals surface area contributed by atoms with Gasteiger partial charge in [-0.3, -0.25) is 4.79 Å². The number of carbonyl (C=O) groups excluding carboxylic acids is 1. The summed E-state index contributed by atoms with van der Waals surface area (Å²) in [7, 11) is 0. The molecule has 1 aromatic carbocycles. The van der Waals surface area contributed by atoms with Crippen LogP contribution in [0.5, 0.6) is 0 Å². The Morgan fingerprint density at radius 3 is 2.90 bits per heavy atom. The normalized spacial score (nSPS) is 18.0. The van der Waals surface area contributed by atoms with E-state index in [9.17, 15) is 9.18 Å². The first-order chi connectivity index (χ1) is 10.2.